The van der Waals surface area contributed by atoms with E-state index >= 15 is 0 Å². The van der Waals surface area contributed by atoms with Crippen LogP contribution in [0.3, 0.4) is 0 Å². The zero-order valence-electron chi connectivity index (χ0n) is 14.7. The number of carbonyl (C=O) groups is 1. The molecule has 0 saturated heterocycles. The second-order valence-corrected chi connectivity index (χ2v) is 6.60. The number of anilines is 1. The van der Waals surface area contributed by atoms with Crippen molar-refractivity contribution in [3.63, 3.8) is 0 Å². The number of halogens is 1. The van der Waals surface area contributed by atoms with Gasteiger partial charge in [0.1, 0.15) is 18.2 Å². The summed E-state index contributed by atoms with van der Waals surface area (Å²) in [6.45, 7) is 2.47. The Balaban J connectivity index is 1.98. The summed E-state index contributed by atoms with van der Waals surface area (Å²) in [4.78, 5) is 39.7. The molecule has 0 aliphatic carbocycles. The van der Waals surface area contributed by atoms with Crippen molar-refractivity contribution in [3.8, 4) is 0 Å². The largest absolute Gasteiger partial charge is 0.456 e. The minimum atomic E-state index is -0.732. The summed E-state index contributed by atoms with van der Waals surface area (Å²) >= 11 is 0. The lowest BCUT2D eigenvalue weighted by molar-refractivity contribution is -0.136. The molecule has 0 saturated carbocycles. The van der Waals surface area contributed by atoms with Gasteiger partial charge in [-0.2, -0.15) is 0 Å². The Labute approximate surface area is 153 Å². The number of fused-ring (bicyclic) bond motifs is 1. The number of esters is 1. The van der Waals surface area contributed by atoms with Crippen molar-refractivity contribution < 1.29 is 13.9 Å². The van der Waals surface area contributed by atoms with Gasteiger partial charge in [-0.1, -0.05) is 25.5 Å². The SMILES string of the molecule is CCCCn1c2c(c(=O)[nH]c1=O)[C@@H](c1ccc(F)cc1)C1=C(COC1=O)N2. The highest BCUT2D eigenvalue weighted by Gasteiger charge is 2.41. The Morgan fingerprint density at radius 3 is 2.67 bits per heavy atom. The molecule has 2 N–H and O–H groups in total. The van der Waals surface area contributed by atoms with Gasteiger partial charge < -0.3 is 10.1 Å². The van der Waals surface area contributed by atoms with Crippen LogP contribution in [-0.4, -0.2) is 22.1 Å². The fourth-order valence-corrected chi connectivity index (χ4v) is 3.61. The zero-order valence-corrected chi connectivity index (χ0v) is 14.7. The molecule has 0 unspecified atom stereocenters. The number of unbranched alkanes of at least 4 members (excludes halogenated alkanes) is 1. The van der Waals surface area contributed by atoms with Crippen molar-refractivity contribution in [1.29, 1.82) is 0 Å². The predicted octanol–water partition coefficient (Wildman–Crippen LogP) is 1.84. The number of benzene rings is 1. The Bertz CT molecular complexity index is 1070. The molecular weight excluding hydrogens is 353 g/mol. The molecule has 3 heterocycles. The average Bonchev–Trinajstić information content (AvgIpc) is 3.01. The van der Waals surface area contributed by atoms with Crippen LogP contribution in [0.1, 0.15) is 36.8 Å². The third kappa shape index (κ3) is 2.77. The maximum atomic E-state index is 13.4. The monoisotopic (exact) mass is 371 g/mol. The number of carbonyl (C=O) groups excluding carboxylic acids is 1. The van der Waals surface area contributed by atoms with Gasteiger partial charge in [0.25, 0.3) is 5.56 Å². The van der Waals surface area contributed by atoms with Gasteiger partial charge in [0.05, 0.1) is 22.8 Å². The third-order valence-electron chi connectivity index (χ3n) is 4.91. The summed E-state index contributed by atoms with van der Waals surface area (Å²) in [6.07, 6.45) is 1.62. The van der Waals surface area contributed by atoms with Gasteiger partial charge >= 0.3 is 11.7 Å². The second-order valence-electron chi connectivity index (χ2n) is 6.60. The first-order valence-corrected chi connectivity index (χ1v) is 8.81. The standard InChI is InChI=1S/C19H18FN3O4/c1-2-3-8-23-16-15(17(24)22-19(23)26)13(10-4-6-11(20)7-5-10)14-12(21-16)9-27-18(14)25/h4-7,13,21H,2-3,8-9H2,1H3,(H,22,24,26)/t13-/m0/s1. The quantitative estimate of drug-likeness (QED) is 0.800. The summed E-state index contributed by atoms with van der Waals surface area (Å²) in [7, 11) is 0. The van der Waals surface area contributed by atoms with Crippen LogP contribution in [0.4, 0.5) is 10.2 Å². The van der Waals surface area contributed by atoms with Crippen molar-refractivity contribution in [2.45, 2.75) is 32.2 Å². The van der Waals surface area contributed by atoms with Crippen molar-refractivity contribution in [2.24, 2.45) is 0 Å². The Morgan fingerprint density at radius 2 is 1.96 bits per heavy atom. The molecule has 140 valence electrons. The summed E-state index contributed by atoms with van der Waals surface area (Å²) < 4.78 is 20.0. The Morgan fingerprint density at radius 1 is 1.22 bits per heavy atom. The number of aromatic amines is 1. The van der Waals surface area contributed by atoms with Gasteiger partial charge in [-0.05, 0) is 24.1 Å². The van der Waals surface area contributed by atoms with Crippen LogP contribution < -0.4 is 16.6 Å². The maximum absolute atomic E-state index is 13.4. The first-order chi connectivity index (χ1) is 13.0. The molecule has 1 aromatic heterocycles. The molecule has 1 aromatic carbocycles. The average molecular weight is 371 g/mol. The minimum Gasteiger partial charge on any atom is -0.456 e. The molecule has 2 aliphatic heterocycles. The van der Waals surface area contributed by atoms with Gasteiger partial charge in [-0.3, -0.25) is 14.3 Å². The lowest BCUT2D eigenvalue weighted by atomic mass is 9.83. The number of rotatable bonds is 4. The fraction of sp³-hybridized carbons (Fsp3) is 0.316. The number of ether oxygens (including phenoxy) is 1. The molecule has 27 heavy (non-hydrogen) atoms. The first-order valence-electron chi connectivity index (χ1n) is 8.81. The highest BCUT2D eigenvalue weighted by Crippen LogP contribution is 2.42. The molecule has 1 atom stereocenters. The zero-order chi connectivity index (χ0) is 19.1. The van der Waals surface area contributed by atoms with Crippen LogP contribution in [0.5, 0.6) is 0 Å². The number of H-pyrrole nitrogens is 1. The van der Waals surface area contributed by atoms with Crippen LogP contribution in [-0.2, 0) is 16.1 Å². The van der Waals surface area contributed by atoms with Gasteiger partial charge in [0.2, 0.25) is 0 Å². The van der Waals surface area contributed by atoms with E-state index in [9.17, 15) is 18.8 Å². The van der Waals surface area contributed by atoms with Crippen LogP contribution in [0.15, 0.2) is 45.1 Å². The number of cyclic esters (lactones) is 1. The lowest BCUT2D eigenvalue weighted by Crippen LogP contribution is -2.38. The first kappa shape index (κ1) is 17.3. The van der Waals surface area contributed by atoms with Crippen LogP contribution in [0.2, 0.25) is 0 Å². The van der Waals surface area contributed by atoms with Gasteiger partial charge in [-0.25, -0.2) is 14.0 Å². The van der Waals surface area contributed by atoms with E-state index in [-0.39, 0.29) is 12.2 Å². The molecule has 0 radical (unpaired) electrons. The highest BCUT2D eigenvalue weighted by atomic mass is 19.1. The molecule has 0 bridgehead atoms. The van der Waals surface area contributed by atoms with E-state index in [1.165, 1.54) is 28.8 Å². The highest BCUT2D eigenvalue weighted by molar-refractivity contribution is 5.96. The van der Waals surface area contributed by atoms with E-state index in [2.05, 4.69) is 10.3 Å². The molecule has 0 amide bonds. The van der Waals surface area contributed by atoms with Crippen LogP contribution in [0, 0.1) is 5.82 Å². The van der Waals surface area contributed by atoms with Gasteiger partial charge in [0.15, 0.2) is 0 Å². The number of aromatic nitrogens is 2. The molecule has 8 heteroatoms. The van der Waals surface area contributed by atoms with E-state index in [1.807, 2.05) is 6.92 Å². The molecule has 4 rings (SSSR count). The predicted molar refractivity (Wildman–Crippen MR) is 96.1 cm³/mol. The summed E-state index contributed by atoms with van der Waals surface area (Å²) in [5.74, 6) is -1.31. The molecule has 7 nitrogen and oxygen atoms in total. The van der Waals surface area contributed by atoms with E-state index < -0.39 is 29.0 Å². The normalized spacial score (nSPS) is 18.0. The van der Waals surface area contributed by atoms with E-state index in [0.29, 0.717) is 29.2 Å². The molecule has 0 fully saturated rings. The molecule has 2 aliphatic rings. The molecular formula is C19H18FN3O4. The van der Waals surface area contributed by atoms with E-state index in [1.54, 1.807) is 0 Å². The number of hydrogen-bond donors (Lipinski definition) is 2. The Kier molecular flexibility index (Phi) is 4.18. The smallest absolute Gasteiger partial charge is 0.337 e. The number of nitrogens with zero attached hydrogens (tertiary/aromatic N) is 1. The topological polar surface area (TPSA) is 93.2 Å². The number of hydrogen-bond acceptors (Lipinski definition) is 5. The fourth-order valence-electron chi connectivity index (χ4n) is 3.61. The van der Waals surface area contributed by atoms with Crippen LogP contribution in [0.25, 0.3) is 0 Å². The van der Waals surface area contributed by atoms with Crippen molar-refractivity contribution in [2.75, 3.05) is 11.9 Å². The van der Waals surface area contributed by atoms with E-state index in [4.69, 9.17) is 4.74 Å². The van der Waals surface area contributed by atoms with Gasteiger partial charge in [-0.15, -0.1) is 0 Å². The van der Waals surface area contributed by atoms with E-state index in [0.717, 1.165) is 12.8 Å². The number of nitrogens with one attached hydrogen (secondary N) is 2. The van der Waals surface area contributed by atoms with Gasteiger partial charge in [0, 0.05) is 6.54 Å². The van der Waals surface area contributed by atoms with Crippen LogP contribution >= 0.6 is 0 Å². The second kappa shape index (κ2) is 6.53. The molecule has 0 spiro atoms. The Hall–Kier alpha value is -3.16. The summed E-state index contributed by atoms with van der Waals surface area (Å²) in [5.41, 5.74) is 0.603. The summed E-state index contributed by atoms with van der Waals surface area (Å²) in [5, 5.41) is 3.06. The van der Waals surface area contributed by atoms with Crippen molar-refractivity contribution >= 4 is 11.8 Å². The van der Waals surface area contributed by atoms with Crippen molar-refractivity contribution in [1.82, 2.24) is 9.55 Å². The minimum absolute atomic E-state index is 0.0417. The third-order valence-corrected chi connectivity index (χ3v) is 4.91. The maximum Gasteiger partial charge on any atom is 0.337 e. The molecule has 2 aromatic rings. The van der Waals surface area contributed by atoms with Crippen molar-refractivity contribution in [3.05, 3.63) is 73.3 Å². The lowest BCUT2D eigenvalue weighted by Gasteiger charge is -2.28. The summed E-state index contributed by atoms with van der Waals surface area (Å²) in [6, 6.07) is 5.62.